The third kappa shape index (κ3) is 4.35. The highest BCUT2D eigenvalue weighted by atomic mass is 16.3. The Labute approximate surface area is 97.8 Å². The van der Waals surface area contributed by atoms with E-state index in [1.807, 2.05) is 12.1 Å². The van der Waals surface area contributed by atoms with Gasteiger partial charge in [-0.2, -0.15) is 0 Å². The molecule has 1 atom stereocenters. The van der Waals surface area contributed by atoms with Gasteiger partial charge in [-0.15, -0.1) is 0 Å². The maximum atomic E-state index is 5.55. The fourth-order valence-electron chi connectivity index (χ4n) is 1.79. The molecule has 4 heteroatoms. The zero-order valence-electron chi connectivity index (χ0n) is 10.3. The Hall–Kier alpha value is -0.840. The van der Waals surface area contributed by atoms with Gasteiger partial charge in [0.2, 0.25) is 0 Å². The number of furan rings is 1. The van der Waals surface area contributed by atoms with Crippen molar-refractivity contribution in [3.8, 4) is 0 Å². The van der Waals surface area contributed by atoms with E-state index in [-0.39, 0.29) is 6.04 Å². The first-order valence-electron chi connectivity index (χ1n) is 6.01. The zero-order valence-corrected chi connectivity index (χ0v) is 10.3. The van der Waals surface area contributed by atoms with Gasteiger partial charge >= 0.3 is 0 Å². The summed E-state index contributed by atoms with van der Waals surface area (Å²) in [5, 5.41) is 0. The Morgan fingerprint density at radius 2 is 2.19 bits per heavy atom. The predicted octanol–water partition coefficient (Wildman–Crippen LogP) is 1.39. The number of hydrazine groups is 1. The van der Waals surface area contributed by atoms with Crippen LogP contribution in [0.25, 0.3) is 0 Å². The SMILES string of the molecule is CCN(CC)CCC(Cc1ccco1)NN. The van der Waals surface area contributed by atoms with Crippen molar-refractivity contribution < 1.29 is 4.42 Å². The third-order valence-corrected chi connectivity index (χ3v) is 2.95. The predicted molar refractivity (Wildman–Crippen MR) is 65.9 cm³/mol. The fraction of sp³-hybridized carbons (Fsp3) is 0.667. The van der Waals surface area contributed by atoms with E-state index < -0.39 is 0 Å². The summed E-state index contributed by atoms with van der Waals surface area (Å²) in [5.74, 6) is 6.54. The largest absolute Gasteiger partial charge is 0.469 e. The Balaban J connectivity index is 2.31. The Morgan fingerprint density at radius 1 is 1.44 bits per heavy atom. The molecule has 0 aliphatic heterocycles. The van der Waals surface area contributed by atoms with Crippen molar-refractivity contribution in [2.24, 2.45) is 5.84 Å². The van der Waals surface area contributed by atoms with Crippen LogP contribution in [0.2, 0.25) is 0 Å². The maximum absolute atomic E-state index is 5.55. The van der Waals surface area contributed by atoms with Gasteiger partial charge in [0, 0.05) is 12.5 Å². The standard InChI is InChI=1S/C12H23N3O/c1-3-15(4-2)8-7-11(14-13)10-12-6-5-9-16-12/h5-6,9,11,14H,3-4,7-8,10,13H2,1-2H3. The normalized spacial score (nSPS) is 13.2. The molecule has 0 aliphatic rings. The minimum Gasteiger partial charge on any atom is -0.469 e. The molecule has 3 N–H and O–H groups in total. The third-order valence-electron chi connectivity index (χ3n) is 2.95. The van der Waals surface area contributed by atoms with Crippen molar-refractivity contribution in [1.82, 2.24) is 10.3 Å². The van der Waals surface area contributed by atoms with E-state index in [1.165, 1.54) is 0 Å². The molecule has 0 saturated carbocycles. The summed E-state index contributed by atoms with van der Waals surface area (Å²) in [7, 11) is 0. The highest BCUT2D eigenvalue weighted by molar-refractivity contribution is 5.00. The number of nitrogens with zero attached hydrogens (tertiary/aromatic N) is 1. The monoisotopic (exact) mass is 225 g/mol. The first kappa shape index (κ1) is 13.2. The molecule has 1 heterocycles. The van der Waals surface area contributed by atoms with Crippen molar-refractivity contribution in [3.63, 3.8) is 0 Å². The summed E-state index contributed by atoms with van der Waals surface area (Å²) in [6.45, 7) is 7.62. The molecule has 0 amide bonds. The van der Waals surface area contributed by atoms with E-state index >= 15 is 0 Å². The summed E-state index contributed by atoms with van der Waals surface area (Å²) in [6, 6.07) is 4.18. The molecule has 0 saturated heterocycles. The summed E-state index contributed by atoms with van der Waals surface area (Å²) >= 11 is 0. The first-order chi connectivity index (χ1) is 7.80. The van der Waals surface area contributed by atoms with Crippen LogP contribution >= 0.6 is 0 Å². The molecule has 1 aromatic rings. The maximum Gasteiger partial charge on any atom is 0.105 e. The number of rotatable bonds is 8. The number of nitrogens with one attached hydrogen (secondary N) is 1. The highest BCUT2D eigenvalue weighted by Crippen LogP contribution is 2.06. The minimum atomic E-state index is 0.284. The lowest BCUT2D eigenvalue weighted by Crippen LogP contribution is -2.39. The smallest absolute Gasteiger partial charge is 0.105 e. The Morgan fingerprint density at radius 3 is 2.69 bits per heavy atom. The average Bonchev–Trinajstić information content (AvgIpc) is 2.81. The molecule has 0 aromatic carbocycles. The quantitative estimate of drug-likeness (QED) is 0.518. The lowest BCUT2D eigenvalue weighted by Gasteiger charge is -2.21. The van der Waals surface area contributed by atoms with E-state index in [2.05, 4.69) is 24.2 Å². The van der Waals surface area contributed by atoms with Crippen LogP contribution in [-0.2, 0) is 6.42 Å². The molecule has 1 rings (SSSR count). The van der Waals surface area contributed by atoms with Gasteiger partial charge in [-0.05, 0) is 38.2 Å². The van der Waals surface area contributed by atoms with Crippen molar-refractivity contribution in [2.75, 3.05) is 19.6 Å². The molecule has 16 heavy (non-hydrogen) atoms. The van der Waals surface area contributed by atoms with Crippen molar-refractivity contribution in [1.29, 1.82) is 0 Å². The van der Waals surface area contributed by atoms with Gasteiger partial charge in [-0.25, -0.2) is 0 Å². The van der Waals surface area contributed by atoms with E-state index in [0.29, 0.717) is 0 Å². The van der Waals surface area contributed by atoms with E-state index in [1.54, 1.807) is 6.26 Å². The number of nitrogens with two attached hydrogens (primary N) is 1. The van der Waals surface area contributed by atoms with E-state index in [9.17, 15) is 0 Å². The lowest BCUT2D eigenvalue weighted by molar-refractivity contribution is 0.278. The van der Waals surface area contributed by atoms with Gasteiger partial charge in [-0.3, -0.25) is 11.3 Å². The van der Waals surface area contributed by atoms with Crippen LogP contribution in [0, 0.1) is 0 Å². The molecular formula is C12H23N3O. The number of hydrogen-bond donors (Lipinski definition) is 2. The highest BCUT2D eigenvalue weighted by Gasteiger charge is 2.10. The van der Waals surface area contributed by atoms with Gasteiger partial charge in [0.1, 0.15) is 5.76 Å². The van der Waals surface area contributed by atoms with Crippen LogP contribution < -0.4 is 11.3 Å². The van der Waals surface area contributed by atoms with Crippen LogP contribution in [0.1, 0.15) is 26.0 Å². The van der Waals surface area contributed by atoms with Gasteiger partial charge in [0.15, 0.2) is 0 Å². The van der Waals surface area contributed by atoms with Crippen LogP contribution in [0.4, 0.5) is 0 Å². The Kier molecular flexibility index (Phi) is 6.15. The Bertz CT molecular complexity index is 257. The molecule has 1 aromatic heterocycles. The molecule has 1 unspecified atom stereocenters. The van der Waals surface area contributed by atoms with Crippen LogP contribution in [0.3, 0.4) is 0 Å². The zero-order chi connectivity index (χ0) is 11.8. The topological polar surface area (TPSA) is 54.4 Å². The summed E-state index contributed by atoms with van der Waals surface area (Å²) in [6.07, 6.45) is 3.59. The van der Waals surface area contributed by atoms with Crippen LogP contribution in [-0.4, -0.2) is 30.6 Å². The van der Waals surface area contributed by atoms with Gasteiger partial charge in [-0.1, -0.05) is 13.8 Å². The van der Waals surface area contributed by atoms with Crippen LogP contribution in [0.5, 0.6) is 0 Å². The van der Waals surface area contributed by atoms with Crippen molar-refractivity contribution in [3.05, 3.63) is 24.2 Å². The molecule has 0 fully saturated rings. The molecular weight excluding hydrogens is 202 g/mol. The number of hydrogen-bond acceptors (Lipinski definition) is 4. The first-order valence-corrected chi connectivity index (χ1v) is 6.01. The van der Waals surface area contributed by atoms with E-state index in [4.69, 9.17) is 10.3 Å². The molecule has 0 aliphatic carbocycles. The second-order valence-electron chi connectivity index (χ2n) is 3.96. The lowest BCUT2D eigenvalue weighted by atomic mass is 10.1. The fourth-order valence-corrected chi connectivity index (χ4v) is 1.79. The van der Waals surface area contributed by atoms with Gasteiger partial charge in [0.05, 0.1) is 6.26 Å². The van der Waals surface area contributed by atoms with Crippen molar-refractivity contribution >= 4 is 0 Å². The van der Waals surface area contributed by atoms with Gasteiger partial charge < -0.3 is 9.32 Å². The summed E-state index contributed by atoms with van der Waals surface area (Å²) in [4.78, 5) is 2.40. The molecule has 4 nitrogen and oxygen atoms in total. The summed E-state index contributed by atoms with van der Waals surface area (Å²) in [5.41, 5.74) is 2.86. The van der Waals surface area contributed by atoms with Crippen LogP contribution in [0.15, 0.2) is 22.8 Å². The van der Waals surface area contributed by atoms with Gasteiger partial charge in [0.25, 0.3) is 0 Å². The second kappa shape index (κ2) is 7.44. The molecule has 0 spiro atoms. The van der Waals surface area contributed by atoms with Crippen molar-refractivity contribution in [2.45, 2.75) is 32.7 Å². The molecule has 0 bridgehead atoms. The molecule has 92 valence electrons. The summed E-state index contributed by atoms with van der Waals surface area (Å²) < 4.78 is 5.32. The second-order valence-corrected chi connectivity index (χ2v) is 3.96. The minimum absolute atomic E-state index is 0.284. The average molecular weight is 225 g/mol. The van der Waals surface area contributed by atoms with E-state index in [0.717, 1.165) is 38.2 Å². The molecule has 0 radical (unpaired) electrons.